The lowest BCUT2D eigenvalue weighted by molar-refractivity contribution is -0.141. The van der Waals surface area contributed by atoms with Crippen molar-refractivity contribution >= 4 is 29.1 Å². The lowest BCUT2D eigenvalue weighted by Gasteiger charge is -2.16. The van der Waals surface area contributed by atoms with Crippen molar-refractivity contribution in [2.75, 3.05) is 0 Å². The molecule has 0 saturated heterocycles. The summed E-state index contributed by atoms with van der Waals surface area (Å²) in [6, 6.07) is 4.41. The largest absolute Gasteiger partial charge is 0.435 e. The molecule has 1 aromatic carbocycles. The van der Waals surface area contributed by atoms with Gasteiger partial charge in [-0.25, -0.2) is 9.97 Å². The molecule has 2 aromatic rings. The zero-order chi connectivity index (χ0) is 17.9. The molecule has 0 spiro atoms. The van der Waals surface area contributed by atoms with E-state index in [1.165, 1.54) is 0 Å². The van der Waals surface area contributed by atoms with E-state index in [4.69, 9.17) is 23.2 Å². The van der Waals surface area contributed by atoms with E-state index in [1.54, 1.807) is 25.1 Å². The maximum Gasteiger partial charge on any atom is 0.435 e. The summed E-state index contributed by atoms with van der Waals surface area (Å²) in [6.45, 7) is 1.65. The highest BCUT2D eigenvalue weighted by atomic mass is 35.5. The molecule has 1 N–H and O–H groups in total. The molecule has 1 aromatic heterocycles. The fourth-order valence-electron chi connectivity index (χ4n) is 2.07. The van der Waals surface area contributed by atoms with Crippen LogP contribution in [-0.4, -0.2) is 21.9 Å². The van der Waals surface area contributed by atoms with Crippen LogP contribution >= 0.6 is 23.2 Å². The summed E-state index contributed by atoms with van der Waals surface area (Å²) in [5.41, 5.74) is -1.37. The van der Waals surface area contributed by atoms with Crippen molar-refractivity contribution in [2.24, 2.45) is 0 Å². The minimum Gasteiger partial charge on any atom is -0.348 e. The van der Waals surface area contributed by atoms with E-state index < -0.39 is 29.5 Å². The summed E-state index contributed by atoms with van der Waals surface area (Å²) in [7, 11) is 0. The van der Waals surface area contributed by atoms with E-state index in [2.05, 4.69) is 15.3 Å². The van der Waals surface area contributed by atoms with Crippen molar-refractivity contribution in [3.8, 4) is 0 Å². The predicted octanol–water partition coefficient (Wildman–Crippen LogP) is 4.16. The standard InChI is InChI=1S/C15H12Cl2F3N3O/c1-8(6-9-2-3-10(16)7-11(9)17)23-14(24)12-13(15(18,19)20)22-5-4-21-12/h2-5,7-8H,6H2,1H3,(H,23,24). The number of hydrogen-bond donors (Lipinski definition) is 1. The van der Waals surface area contributed by atoms with Crippen LogP contribution in [0.15, 0.2) is 30.6 Å². The molecule has 1 heterocycles. The third kappa shape index (κ3) is 4.58. The van der Waals surface area contributed by atoms with Crippen LogP contribution in [0.3, 0.4) is 0 Å². The Morgan fingerprint density at radius 1 is 1.25 bits per heavy atom. The smallest absolute Gasteiger partial charge is 0.348 e. The van der Waals surface area contributed by atoms with Crippen molar-refractivity contribution in [3.63, 3.8) is 0 Å². The summed E-state index contributed by atoms with van der Waals surface area (Å²) in [5, 5.41) is 3.35. The second kappa shape index (κ2) is 7.36. The van der Waals surface area contributed by atoms with Gasteiger partial charge in [-0.1, -0.05) is 29.3 Å². The fraction of sp³-hybridized carbons (Fsp3) is 0.267. The number of nitrogens with one attached hydrogen (secondary N) is 1. The van der Waals surface area contributed by atoms with Crippen molar-refractivity contribution in [1.82, 2.24) is 15.3 Å². The average molecular weight is 378 g/mol. The van der Waals surface area contributed by atoms with Crippen molar-refractivity contribution in [1.29, 1.82) is 0 Å². The number of halogens is 5. The lowest BCUT2D eigenvalue weighted by atomic mass is 10.1. The van der Waals surface area contributed by atoms with Crippen LogP contribution in [0.25, 0.3) is 0 Å². The van der Waals surface area contributed by atoms with Crippen LogP contribution in [0.5, 0.6) is 0 Å². The number of rotatable bonds is 4. The molecule has 0 bridgehead atoms. The molecule has 9 heteroatoms. The van der Waals surface area contributed by atoms with Gasteiger partial charge in [0.05, 0.1) is 0 Å². The molecule has 0 fully saturated rings. The van der Waals surface area contributed by atoms with E-state index in [0.29, 0.717) is 22.0 Å². The Morgan fingerprint density at radius 2 is 1.92 bits per heavy atom. The van der Waals surface area contributed by atoms with Crippen LogP contribution in [0, 0.1) is 0 Å². The molecule has 128 valence electrons. The molecular formula is C15H12Cl2F3N3O. The number of amides is 1. The quantitative estimate of drug-likeness (QED) is 0.869. The van der Waals surface area contributed by atoms with Gasteiger partial charge in [-0.3, -0.25) is 4.79 Å². The first-order valence-electron chi connectivity index (χ1n) is 6.81. The number of hydrogen-bond acceptors (Lipinski definition) is 3. The molecule has 1 amide bonds. The van der Waals surface area contributed by atoms with Gasteiger partial charge in [-0.2, -0.15) is 13.2 Å². The van der Waals surface area contributed by atoms with Gasteiger partial charge in [-0.05, 0) is 31.0 Å². The molecular weight excluding hydrogens is 366 g/mol. The van der Waals surface area contributed by atoms with Crippen LogP contribution in [0.4, 0.5) is 13.2 Å². The number of nitrogens with zero attached hydrogens (tertiary/aromatic N) is 2. The Hall–Kier alpha value is -1.86. The van der Waals surface area contributed by atoms with Gasteiger partial charge >= 0.3 is 6.18 Å². The van der Waals surface area contributed by atoms with Gasteiger partial charge in [0.25, 0.3) is 5.91 Å². The lowest BCUT2D eigenvalue weighted by Crippen LogP contribution is -2.36. The predicted molar refractivity (Wildman–Crippen MR) is 84.1 cm³/mol. The summed E-state index contributed by atoms with van der Waals surface area (Å²) in [6.07, 6.45) is -2.52. The molecule has 0 radical (unpaired) electrons. The minimum atomic E-state index is -4.76. The summed E-state index contributed by atoms with van der Waals surface area (Å²) < 4.78 is 38.6. The first-order valence-corrected chi connectivity index (χ1v) is 7.57. The summed E-state index contributed by atoms with van der Waals surface area (Å²) >= 11 is 11.8. The third-order valence-electron chi connectivity index (χ3n) is 3.10. The highest BCUT2D eigenvalue weighted by Gasteiger charge is 2.38. The molecule has 4 nitrogen and oxygen atoms in total. The first-order chi connectivity index (χ1) is 11.2. The zero-order valence-electron chi connectivity index (χ0n) is 12.4. The molecule has 2 rings (SSSR count). The van der Waals surface area contributed by atoms with E-state index >= 15 is 0 Å². The number of benzene rings is 1. The molecule has 0 saturated carbocycles. The number of aromatic nitrogens is 2. The maximum absolute atomic E-state index is 12.9. The molecule has 24 heavy (non-hydrogen) atoms. The van der Waals surface area contributed by atoms with Gasteiger partial charge < -0.3 is 5.32 Å². The highest BCUT2D eigenvalue weighted by Crippen LogP contribution is 2.29. The minimum absolute atomic E-state index is 0.323. The van der Waals surface area contributed by atoms with Crippen LogP contribution in [0.2, 0.25) is 10.0 Å². The van der Waals surface area contributed by atoms with E-state index in [-0.39, 0.29) is 0 Å². The Balaban J connectivity index is 2.12. The number of carbonyl (C=O) groups is 1. The molecule has 1 atom stereocenters. The zero-order valence-corrected chi connectivity index (χ0v) is 13.9. The average Bonchev–Trinajstić information content (AvgIpc) is 2.49. The topological polar surface area (TPSA) is 54.9 Å². The van der Waals surface area contributed by atoms with Gasteiger partial charge in [0, 0.05) is 28.5 Å². The van der Waals surface area contributed by atoms with Crippen LogP contribution in [-0.2, 0) is 12.6 Å². The first kappa shape index (κ1) is 18.5. The normalized spacial score (nSPS) is 12.8. The van der Waals surface area contributed by atoms with E-state index in [0.717, 1.165) is 12.4 Å². The summed E-state index contributed by atoms with van der Waals surface area (Å²) in [4.78, 5) is 18.8. The summed E-state index contributed by atoms with van der Waals surface area (Å²) in [5.74, 6) is -0.951. The number of alkyl halides is 3. The Bertz CT molecular complexity index is 753. The highest BCUT2D eigenvalue weighted by molar-refractivity contribution is 6.35. The Kier molecular flexibility index (Phi) is 5.66. The molecule has 1 unspecified atom stereocenters. The molecule has 0 aliphatic rings. The van der Waals surface area contributed by atoms with E-state index in [9.17, 15) is 18.0 Å². The fourth-order valence-corrected chi connectivity index (χ4v) is 2.56. The second-order valence-electron chi connectivity index (χ2n) is 5.07. The molecule has 0 aliphatic heterocycles. The maximum atomic E-state index is 12.9. The second-order valence-corrected chi connectivity index (χ2v) is 5.91. The van der Waals surface area contributed by atoms with Crippen molar-refractivity contribution in [3.05, 3.63) is 57.6 Å². The van der Waals surface area contributed by atoms with Crippen molar-refractivity contribution < 1.29 is 18.0 Å². The van der Waals surface area contributed by atoms with Gasteiger partial charge in [0.15, 0.2) is 11.4 Å². The van der Waals surface area contributed by atoms with Gasteiger partial charge in [0.2, 0.25) is 0 Å². The Labute approximate surface area is 146 Å². The van der Waals surface area contributed by atoms with Gasteiger partial charge in [-0.15, -0.1) is 0 Å². The monoisotopic (exact) mass is 377 g/mol. The van der Waals surface area contributed by atoms with Gasteiger partial charge in [0.1, 0.15) is 0 Å². The molecule has 0 aliphatic carbocycles. The van der Waals surface area contributed by atoms with Crippen LogP contribution in [0.1, 0.15) is 28.7 Å². The van der Waals surface area contributed by atoms with Crippen molar-refractivity contribution in [2.45, 2.75) is 25.6 Å². The van der Waals surface area contributed by atoms with E-state index in [1.807, 2.05) is 0 Å². The Morgan fingerprint density at radius 3 is 2.54 bits per heavy atom. The number of carbonyl (C=O) groups excluding carboxylic acids is 1. The van der Waals surface area contributed by atoms with Crippen LogP contribution < -0.4 is 5.32 Å². The SMILES string of the molecule is CC(Cc1ccc(Cl)cc1Cl)NC(=O)c1nccnc1C(F)(F)F. The third-order valence-corrected chi connectivity index (χ3v) is 3.69.